The number of hydrogen-bond acceptors (Lipinski definition) is 6. The lowest BCUT2D eigenvalue weighted by molar-refractivity contribution is 0.0553. The van der Waals surface area contributed by atoms with Crippen LogP contribution >= 0.6 is 0 Å². The van der Waals surface area contributed by atoms with Crippen molar-refractivity contribution in [3.05, 3.63) is 42.2 Å². The van der Waals surface area contributed by atoms with E-state index in [1.54, 1.807) is 37.8 Å². The van der Waals surface area contributed by atoms with Crippen molar-refractivity contribution in [2.75, 3.05) is 31.6 Å². The summed E-state index contributed by atoms with van der Waals surface area (Å²) in [5.74, 6) is 2.36. The summed E-state index contributed by atoms with van der Waals surface area (Å²) in [6.07, 6.45) is 7.34. The summed E-state index contributed by atoms with van der Waals surface area (Å²) in [6, 6.07) is 3.72. The van der Waals surface area contributed by atoms with E-state index in [9.17, 15) is 4.79 Å². The van der Waals surface area contributed by atoms with Gasteiger partial charge >= 0.3 is 0 Å². The average molecular weight is 342 g/mol. The minimum absolute atomic E-state index is 0.0296. The van der Waals surface area contributed by atoms with Crippen LogP contribution in [0.5, 0.6) is 0 Å². The third-order valence-electron chi connectivity index (χ3n) is 5.01. The Hall–Kier alpha value is -2.41. The summed E-state index contributed by atoms with van der Waals surface area (Å²) in [5, 5.41) is 0. The number of furan rings is 1. The molecule has 7 heteroatoms. The van der Waals surface area contributed by atoms with Crippen molar-refractivity contribution in [3.8, 4) is 0 Å². The molecule has 2 atom stereocenters. The van der Waals surface area contributed by atoms with Crippen molar-refractivity contribution in [3.63, 3.8) is 0 Å². The molecule has 2 aromatic heterocycles. The molecule has 3 aliphatic heterocycles. The minimum atomic E-state index is -0.0296. The molecule has 0 aliphatic carbocycles. The van der Waals surface area contributed by atoms with Crippen LogP contribution < -0.4 is 4.90 Å². The van der Waals surface area contributed by atoms with Gasteiger partial charge in [0.25, 0.3) is 5.91 Å². The first-order valence-electron chi connectivity index (χ1n) is 8.64. The standard InChI is InChI=1S/C18H22N4O3/c1-24-12-15-4-5-16(25-15)18(23)22-10-13-2-3-14(22)11-21(9-13)17-8-19-6-7-20-17/h4-8,13-14H,2-3,9-12H2,1H3/t13-,14+/m0/s1. The Balaban J connectivity index is 1.53. The lowest BCUT2D eigenvalue weighted by Gasteiger charge is -2.35. The third kappa shape index (κ3) is 3.24. The van der Waals surface area contributed by atoms with Gasteiger partial charge in [0.05, 0.1) is 6.20 Å². The van der Waals surface area contributed by atoms with E-state index in [4.69, 9.17) is 9.15 Å². The van der Waals surface area contributed by atoms with Gasteiger partial charge < -0.3 is 19.0 Å². The van der Waals surface area contributed by atoms with Crippen molar-refractivity contribution in [2.24, 2.45) is 5.92 Å². The predicted octanol–water partition coefficient (Wildman–Crippen LogP) is 1.96. The van der Waals surface area contributed by atoms with E-state index in [2.05, 4.69) is 14.9 Å². The average Bonchev–Trinajstić information content (AvgIpc) is 2.92. The lowest BCUT2D eigenvalue weighted by Crippen LogP contribution is -2.47. The Bertz CT molecular complexity index is 733. The summed E-state index contributed by atoms with van der Waals surface area (Å²) < 4.78 is 10.7. The number of aromatic nitrogens is 2. The summed E-state index contributed by atoms with van der Waals surface area (Å²) in [5.41, 5.74) is 0. The third-order valence-corrected chi connectivity index (χ3v) is 5.01. The summed E-state index contributed by atoms with van der Waals surface area (Å²) in [4.78, 5) is 25.8. The summed E-state index contributed by atoms with van der Waals surface area (Å²) in [6.45, 7) is 2.83. The molecule has 132 valence electrons. The molecular formula is C18H22N4O3. The lowest BCUT2D eigenvalue weighted by atomic mass is 9.95. The number of amides is 1. The number of ether oxygens (including phenoxy) is 1. The number of nitrogens with zero attached hydrogens (tertiary/aromatic N) is 4. The number of piperidine rings is 1. The monoisotopic (exact) mass is 342 g/mol. The maximum atomic E-state index is 12.9. The van der Waals surface area contributed by atoms with Crippen LogP contribution in [-0.2, 0) is 11.3 Å². The second kappa shape index (κ2) is 6.84. The number of carbonyl (C=O) groups excluding carboxylic acids is 1. The van der Waals surface area contributed by atoms with Gasteiger partial charge in [-0.15, -0.1) is 0 Å². The molecule has 3 saturated heterocycles. The molecule has 3 aliphatic rings. The zero-order valence-corrected chi connectivity index (χ0v) is 14.3. The molecule has 0 saturated carbocycles. The van der Waals surface area contributed by atoms with Gasteiger partial charge in [-0.3, -0.25) is 9.78 Å². The van der Waals surface area contributed by atoms with Crippen LogP contribution in [0.4, 0.5) is 5.82 Å². The molecule has 2 aromatic rings. The molecule has 0 aromatic carbocycles. The van der Waals surface area contributed by atoms with E-state index in [1.165, 1.54) is 0 Å². The first kappa shape index (κ1) is 16.1. The molecule has 25 heavy (non-hydrogen) atoms. The molecule has 3 fully saturated rings. The fraction of sp³-hybridized carbons (Fsp3) is 0.500. The van der Waals surface area contributed by atoms with Gasteiger partial charge in [0, 0.05) is 45.2 Å². The topological polar surface area (TPSA) is 71.7 Å². The minimum Gasteiger partial charge on any atom is -0.453 e. The fourth-order valence-corrected chi connectivity index (χ4v) is 3.83. The van der Waals surface area contributed by atoms with E-state index < -0.39 is 0 Å². The largest absolute Gasteiger partial charge is 0.453 e. The highest BCUT2D eigenvalue weighted by Gasteiger charge is 2.38. The van der Waals surface area contributed by atoms with E-state index in [-0.39, 0.29) is 11.9 Å². The Morgan fingerprint density at radius 2 is 2.20 bits per heavy atom. The van der Waals surface area contributed by atoms with Crippen LogP contribution in [-0.4, -0.2) is 53.6 Å². The molecule has 1 amide bonds. The van der Waals surface area contributed by atoms with E-state index in [1.807, 2.05) is 4.90 Å². The van der Waals surface area contributed by atoms with Crippen molar-refractivity contribution < 1.29 is 13.9 Å². The highest BCUT2D eigenvalue weighted by molar-refractivity contribution is 5.92. The van der Waals surface area contributed by atoms with E-state index >= 15 is 0 Å². The number of carbonyl (C=O) groups is 1. The quantitative estimate of drug-likeness (QED) is 0.846. The second-order valence-electron chi connectivity index (χ2n) is 6.72. The zero-order valence-electron chi connectivity index (χ0n) is 14.3. The Kier molecular flexibility index (Phi) is 4.40. The molecule has 0 radical (unpaired) electrons. The molecule has 5 rings (SSSR count). The van der Waals surface area contributed by atoms with Crippen molar-refractivity contribution in [1.29, 1.82) is 0 Å². The maximum absolute atomic E-state index is 12.9. The van der Waals surface area contributed by atoms with Crippen LogP contribution in [0.1, 0.15) is 29.2 Å². The fourth-order valence-electron chi connectivity index (χ4n) is 3.83. The second-order valence-corrected chi connectivity index (χ2v) is 6.72. The van der Waals surface area contributed by atoms with E-state index in [0.29, 0.717) is 24.0 Å². The van der Waals surface area contributed by atoms with Crippen molar-refractivity contribution >= 4 is 11.7 Å². The van der Waals surface area contributed by atoms with Crippen LogP contribution in [0.2, 0.25) is 0 Å². The molecule has 0 unspecified atom stereocenters. The molecule has 5 heterocycles. The zero-order chi connectivity index (χ0) is 17.2. The number of methoxy groups -OCH3 is 1. The first-order valence-corrected chi connectivity index (χ1v) is 8.64. The van der Waals surface area contributed by atoms with Gasteiger partial charge in [0.1, 0.15) is 18.2 Å². The summed E-state index contributed by atoms with van der Waals surface area (Å²) in [7, 11) is 1.61. The Morgan fingerprint density at radius 3 is 3.00 bits per heavy atom. The van der Waals surface area contributed by atoms with Gasteiger partial charge in [-0.05, 0) is 30.9 Å². The highest BCUT2D eigenvalue weighted by atomic mass is 16.5. The van der Waals surface area contributed by atoms with Gasteiger partial charge in [0.15, 0.2) is 5.76 Å². The van der Waals surface area contributed by atoms with Gasteiger partial charge in [-0.2, -0.15) is 0 Å². The predicted molar refractivity (Wildman–Crippen MR) is 91.2 cm³/mol. The van der Waals surface area contributed by atoms with Gasteiger partial charge in [-0.1, -0.05) is 0 Å². The number of fused-ring (bicyclic) bond motifs is 4. The number of anilines is 1. The van der Waals surface area contributed by atoms with Crippen LogP contribution in [0.25, 0.3) is 0 Å². The smallest absolute Gasteiger partial charge is 0.289 e. The van der Waals surface area contributed by atoms with Gasteiger partial charge in [-0.25, -0.2) is 4.98 Å². The van der Waals surface area contributed by atoms with Gasteiger partial charge in [0.2, 0.25) is 0 Å². The molecule has 2 bridgehead atoms. The van der Waals surface area contributed by atoms with E-state index in [0.717, 1.165) is 38.3 Å². The Morgan fingerprint density at radius 1 is 1.28 bits per heavy atom. The Labute approximate surface area is 146 Å². The van der Waals surface area contributed by atoms with Crippen molar-refractivity contribution in [2.45, 2.75) is 25.5 Å². The molecule has 7 nitrogen and oxygen atoms in total. The SMILES string of the molecule is COCc1ccc(C(=O)N2C[C@H]3CC[C@@H]2CN(c2cnccn2)C3)o1. The van der Waals surface area contributed by atoms with Crippen LogP contribution in [0, 0.1) is 5.92 Å². The highest BCUT2D eigenvalue weighted by Crippen LogP contribution is 2.31. The van der Waals surface area contributed by atoms with Crippen molar-refractivity contribution in [1.82, 2.24) is 14.9 Å². The summed E-state index contributed by atoms with van der Waals surface area (Å²) >= 11 is 0. The number of hydrogen-bond donors (Lipinski definition) is 0. The molecule has 0 N–H and O–H groups in total. The van der Waals surface area contributed by atoms with Crippen LogP contribution in [0.15, 0.2) is 35.1 Å². The molecular weight excluding hydrogens is 320 g/mol. The van der Waals surface area contributed by atoms with Crippen LogP contribution in [0.3, 0.4) is 0 Å². The number of rotatable bonds is 4. The normalized spacial score (nSPS) is 22.9. The molecule has 0 spiro atoms. The maximum Gasteiger partial charge on any atom is 0.289 e. The first-order chi connectivity index (χ1) is 12.2.